The molecule has 0 aromatic carbocycles. The smallest absolute Gasteiger partial charge is 0.230 e. The molecule has 108 valence electrons. The Morgan fingerprint density at radius 1 is 1.21 bits per heavy atom. The first-order valence-electron chi connectivity index (χ1n) is 6.73. The van der Waals surface area contributed by atoms with Crippen LogP contribution in [0, 0.1) is 0 Å². The fourth-order valence-electron chi connectivity index (χ4n) is 1.29. The lowest BCUT2D eigenvalue weighted by atomic mass is 10.3. The molecule has 7 heteroatoms. The first-order chi connectivity index (χ1) is 9.26. The Kier molecular flexibility index (Phi) is 8.57. The van der Waals surface area contributed by atoms with Crippen molar-refractivity contribution in [1.82, 2.24) is 15.5 Å². The number of nitrogens with one attached hydrogen (secondary N) is 2. The number of anilines is 1. The van der Waals surface area contributed by atoms with E-state index in [0.29, 0.717) is 5.75 Å². The second-order valence-electron chi connectivity index (χ2n) is 4.15. The average Bonchev–Trinajstić information content (AvgIpc) is 2.85. The SMILES string of the molecule is CCCCNC(=O)CSc1nnc(NCCCC)s1. The summed E-state index contributed by atoms with van der Waals surface area (Å²) in [5.74, 6) is 0.474. The van der Waals surface area contributed by atoms with Gasteiger partial charge in [0.15, 0.2) is 4.34 Å². The summed E-state index contributed by atoms with van der Waals surface area (Å²) in [6, 6.07) is 0. The van der Waals surface area contributed by atoms with E-state index in [1.165, 1.54) is 23.1 Å². The zero-order chi connectivity index (χ0) is 13.9. The molecule has 0 atom stereocenters. The van der Waals surface area contributed by atoms with Crippen LogP contribution in [0.1, 0.15) is 39.5 Å². The van der Waals surface area contributed by atoms with Gasteiger partial charge >= 0.3 is 0 Å². The Labute approximate surface area is 123 Å². The van der Waals surface area contributed by atoms with Gasteiger partial charge in [0.05, 0.1) is 5.75 Å². The molecule has 1 aromatic rings. The molecule has 1 rings (SSSR count). The Hall–Kier alpha value is -0.820. The fraction of sp³-hybridized carbons (Fsp3) is 0.750. The first-order valence-corrected chi connectivity index (χ1v) is 8.53. The number of aromatic nitrogens is 2. The van der Waals surface area contributed by atoms with E-state index in [1.807, 2.05) is 0 Å². The summed E-state index contributed by atoms with van der Waals surface area (Å²) >= 11 is 2.94. The lowest BCUT2D eigenvalue weighted by Crippen LogP contribution is -2.25. The highest BCUT2D eigenvalue weighted by atomic mass is 32.2. The van der Waals surface area contributed by atoms with E-state index in [4.69, 9.17) is 0 Å². The fourth-order valence-corrected chi connectivity index (χ4v) is 2.90. The van der Waals surface area contributed by atoms with Gasteiger partial charge in [0, 0.05) is 13.1 Å². The molecule has 0 aliphatic carbocycles. The van der Waals surface area contributed by atoms with Gasteiger partial charge in [-0.2, -0.15) is 0 Å². The molecular weight excluding hydrogens is 280 g/mol. The third-order valence-electron chi connectivity index (χ3n) is 2.39. The molecule has 0 saturated carbocycles. The summed E-state index contributed by atoms with van der Waals surface area (Å²) in [6.07, 6.45) is 4.41. The van der Waals surface area contributed by atoms with E-state index < -0.39 is 0 Å². The number of thioether (sulfide) groups is 1. The molecule has 0 fully saturated rings. The highest BCUT2D eigenvalue weighted by Gasteiger charge is 2.07. The minimum absolute atomic E-state index is 0.0640. The molecule has 0 unspecified atom stereocenters. The number of rotatable bonds is 10. The van der Waals surface area contributed by atoms with Gasteiger partial charge in [0.1, 0.15) is 0 Å². The van der Waals surface area contributed by atoms with Crippen LogP contribution in [0.5, 0.6) is 0 Å². The molecule has 1 amide bonds. The van der Waals surface area contributed by atoms with Crippen LogP contribution in [0.4, 0.5) is 5.13 Å². The number of unbranched alkanes of at least 4 members (excludes halogenated alkanes) is 2. The topological polar surface area (TPSA) is 66.9 Å². The lowest BCUT2D eigenvalue weighted by molar-refractivity contribution is -0.118. The predicted molar refractivity (Wildman–Crippen MR) is 81.9 cm³/mol. The summed E-state index contributed by atoms with van der Waals surface area (Å²) < 4.78 is 0.838. The van der Waals surface area contributed by atoms with Crippen LogP contribution in [0.25, 0.3) is 0 Å². The van der Waals surface area contributed by atoms with Crippen LogP contribution in [0.15, 0.2) is 4.34 Å². The van der Waals surface area contributed by atoms with Crippen molar-refractivity contribution in [2.75, 3.05) is 24.2 Å². The number of amides is 1. The van der Waals surface area contributed by atoms with Crippen molar-refractivity contribution in [3.8, 4) is 0 Å². The van der Waals surface area contributed by atoms with Crippen LogP contribution in [-0.4, -0.2) is 34.9 Å². The average molecular weight is 302 g/mol. The maximum absolute atomic E-state index is 11.5. The van der Waals surface area contributed by atoms with E-state index >= 15 is 0 Å². The van der Waals surface area contributed by atoms with Gasteiger partial charge in [0.25, 0.3) is 0 Å². The summed E-state index contributed by atoms with van der Waals surface area (Å²) in [7, 11) is 0. The van der Waals surface area contributed by atoms with E-state index in [0.717, 1.165) is 48.2 Å². The van der Waals surface area contributed by atoms with Crippen LogP contribution in [0.3, 0.4) is 0 Å². The molecule has 0 aliphatic heterocycles. The molecule has 0 spiro atoms. The maximum atomic E-state index is 11.5. The van der Waals surface area contributed by atoms with Crippen molar-refractivity contribution in [3.05, 3.63) is 0 Å². The van der Waals surface area contributed by atoms with Crippen molar-refractivity contribution in [3.63, 3.8) is 0 Å². The molecule has 0 bridgehead atoms. The minimum atomic E-state index is 0.0640. The second kappa shape index (κ2) is 10.0. The molecule has 0 saturated heterocycles. The molecule has 1 heterocycles. The van der Waals surface area contributed by atoms with Crippen molar-refractivity contribution >= 4 is 34.1 Å². The zero-order valence-corrected chi connectivity index (χ0v) is 13.2. The highest BCUT2D eigenvalue weighted by molar-refractivity contribution is 8.01. The number of hydrogen-bond donors (Lipinski definition) is 2. The zero-order valence-electron chi connectivity index (χ0n) is 11.6. The van der Waals surface area contributed by atoms with Gasteiger partial charge in [-0.05, 0) is 12.8 Å². The van der Waals surface area contributed by atoms with E-state index in [2.05, 4.69) is 34.7 Å². The molecule has 19 heavy (non-hydrogen) atoms. The molecular formula is C12H22N4OS2. The predicted octanol–water partition coefficient (Wildman–Crippen LogP) is 2.76. The third kappa shape index (κ3) is 7.37. The third-order valence-corrected chi connectivity index (χ3v) is 4.41. The van der Waals surface area contributed by atoms with E-state index in [9.17, 15) is 4.79 Å². The number of carbonyl (C=O) groups excluding carboxylic acids is 1. The summed E-state index contributed by atoms with van der Waals surface area (Å²) in [5, 5.41) is 15.0. The molecule has 5 nitrogen and oxygen atoms in total. The molecule has 1 aromatic heterocycles. The quantitative estimate of drug-likeness (QED) is 0.514. The van der Waals surface area contributed by atoms with Gasteiger partial charge in [-0.25, -0.2) is 0 Å². The Bertz CT molecular complexity index is 370. The molecule has 0 aliphatic rings. The van der Waals surface area contributed by atoms with Crippen molar-refractivity contribution in [1.29, 1.82) is 0 Å². The van der Waals surface area contributed by atoms with Crippen LogP contribution in [-0.2, 0) is 4.79 Å². The number of nitrogens with zero attached hydrogens (tertiary/aromatic N) is 2. The normalized spacial score (nSPS) is 10.4. The first kappa shape index (κ1) is 16.2. The van der Waals surface area contributed by atoms with E-state index in [1.54, 1.807) is 0 Å². The molecule has 0 radical (unpaired) electrons. The van der Waals surface area contributed by atoms with E-state index in [-0.39, 0.29) is 5.91 Å². The van der Waals surface area contributed by atoms with Gasteiger partial charge in [-0.15, -0.1) is 10.2 Å². The monoisotopic (exact) mass is 302 g/mol. The highest BCUT2D eigenvalue weighted by Crippen LogP contribution is 2.25. The summed E-state index contributed by atoms with van der Waals surface area (Å²) in [5.41, 5.74) is 0. The maximum Gasteiger partial charge on any atom is 0.230 e. The van der Waals surface area contributed by atoms with Crippen LogP contribution in [0.2, 0.25) is 0 Å². The Morgan fingerprint density at radius 2 is 1.95 bits per heavy atom. The van der Waals surface area contributed by atoms with Gasteiger partial charge in [0.2, 0.25) is 11.0 Å². The summed E-state index contributed by atoms with van der Waals surface area (Å²) in [6.45, 7) is 5.94. The molecule has 2 N–H and O–H groups in total. The van der Waals surface area contributed by atoms with Crippen molar-refractivity contribution < 1.29 is 4.79 Å². The minimum Gasteiger partial charge on any atom is -0.360 e. The largest absolute Gasteiger partial charge is 0.360 e. The van der Waals surface area contributed by atoms with Crippen LogP contribution >= 0.6 is 23.1 Å². The number of hydrogen-bond acceptors (Lipinski definition) is 6. The standard InChI is InChI=1S/C12H22N4OS2/c1-3-5-7-13-10(17)9-18-12-16-15-11(19-12)14-8-6-4-2/h3-9H2,1-2H3,(H,13,17)(H,14,15). The van der Waals surface area contributed by atoms with Gasteiger partial charge < -0.3 is 10.6 Å². The van der Waals surface area contributed by atoms with Crippen molar-refractivity contribution in [2.45, 2.75) is 43.9 Å². The van der Waals surface area contributed by atoms with Crippen LogP contribution < -0.4 is 10.6 Å². The van der Waals surface area contributed by atoms with Gasteiger partial charge in [-0.1, -0.05) is 49.8 Å². The summed E-state index contributed by atoms with van der Waals surface area (Å²) in [4.78, 5) is 11.5. The second-order valence-corrected chi connectivity index (χ2v) is 6.35. The Morgan fingerprint density at radius 3 is 2.68 bits per heavy atom. The Balaban J connectivity index is 2.20. The lowest BCUT2D eigenvalue weighted by Gasteiger charge is -2.01. The van der Waals surface area contributed by atoms with Crippen molar-refractivity contribution in [2.24, 2.45) is 0 Å². The van der Waals surface area contributed by atoms with Gasteiger partial charge in [-0.3, -0.25) is 4.79 Å². The number of carbonyl (C=O) groups is 1.